The van der Waals surface area contributed by atoms with Gasteiger partial charge in [0.2, 0.25) is 6.79 Å². The molecule has 0 unspecified atom stereocenters. The number of aryl methyl sites for hydroxylation is 1. The molecule has 1 aromatic carbocycles. The van der Waals surface area contributed by atoms with Crippen LogP contribution in [0, 0.1) is 13.8 Å². The van der Waals surface area contributed by atoms with Gasteiger partial charge in [-0.15, -0.1) is 11.3 Å². The molecule has 0 bridgehead atoms. The van der Waals surface area contributed by atoms with Gasteiger partial charge in [-0.1, -0.05) is 6.07 Å². The minimum absolute atomic E-state index is 0.146. The van der Waals surface area contributed by atoms with Crippen molar-refractivity contribution in [3.63, 3.8) is 0 Å². The topological polar surface area (TPSA) is 73.6 Å². The number of fused-ring (bicyclic) bond motifs is 1. The van der Waals surface area contributed by atoms with Gasteiger partial charge < -0.3 is 20.5 Å². The van der Waals surface area contributed by atoms with E-state index in [0.29, 0.717) is 22.9 Å². The van der Waals surface area contributed by atoms with Gasteiger partial charge in [0, 0.05) is 11.4 Å². The van der Waals surface area contributed by atoms with Crippen molar-refractivity contribution in [1.82, 2.24) is 5.32 Å². The van der Waals surface area contributed by atoms with Gasteiger partial charge in [-0.2, -0.15) is 0 Å². The highest BCUT2D eigenvalue weighted by molar-refractivity contribution is 7.16. The van der Waals surface area contributed by atoms with Crippen molar-refractivity contribution >= 4 is 22.2 Å². The van der Waals surface area contributed by atoms with Crippen molar-refractivity contribution in [2.24, 2.45) is 0 Å². The number of benzene rings is 1. The Hall–Kier alpha value is -2.21. The zero-order chi connectivity index (χ0) is 15.0. The third-order valence-corrected chi connectivity index (χ3v) is 4.57. The lowest BCUT2D eigenvalue weighted by atomic mass is 10.1. The molecule has 0 radical (unpaired) electrons. The fourth-order valence-corrected chi connectivity index (χ4v) is 3.19. The van der Waals surface area contributed by atoms with E-state index < -0.39 is 0 Å². The maximum Gasteiger partial charge on any atom is 0.254 e. The van der Waals surface area contributed by atoms with E-state index >= 15 is 0 Å². The van der Waals surface area contributed by atoms with E-state index in [9.17, 15) is 4.79 Å². The summed E-state index contributed by atoms with van der Waals surface area (Å²) >= 11 is 1.44. The Morgan fingerprint density at radius 3 is 2.81 bits per heavy atom. The van der Waals surface area contributed by atoms with Crippen LogP contribution in [0.25, 0.3) is 0 Å². The molecular weight excluding hydrogens is 288 g/mol. The Labute approximate surface area is 126 Å². The number of carbonyl (C=O) groups excluding carboxylic acids is 1. The molecule has 110 valence electrons. The highest BCUT2D eigenvalue weighted by atomic mass is 32.1. The third-order valence-electron chi connectivity index (χ3n) is 3.53. The number of nitrogen functional groups attached to an aromatic ring is 1. The first kappa shape index (κ1) is 13.8. The lowest BCUT2D eigenvalue weighted by Gasteiger charge is -2.07. The maximum absolute atomic E-state index is 12.3. The normalized spacial score (nSPS) is 12.5. The number of anilines is 1. The van der Waals surface area contributed by atoms with E-state index in [4.69, 9.17) is 15.2 Å². The predicted octanol–water partition coefficient (Wildman–Crippen LogP) is 2.61. The van der Waals surface area contributed by atoms with Gasteiger partial charge in [-0.3, -0.25) is 4.79 Å². The highest BCUT2D eigenvalue weighted by Gasteiger charge is 2.18. The van der Waals surface area contributed by atoms with Crippen molar-refractivity contribution in [2.75, 3.05) is 12.5 Å². The summed E-state index contributed by atoms with van der Waals surface area (Å²) in [6, 6.07) is 5.62. The Morgan fingerprint density at radius 1 is 1.33 bits per heavy atom. The van der Waals surface area contributed by atoms with Gasteiger partial charge in [0.15, 0.2) is 11.5 Å². The summed E-state index contributed by atoms with van der Waals surface area (Å²) in [7, 11) is 0. The van der Waals surface area contributed by atoms with Crippen LogP contribution < -0.4 is 20.5 Å². The van der Waals surface area contributed by atoms with Crippen LogP contribution in [0.3, 0.4) is 0 Å². The van der Waals surface area contributed by atoms with Crippen LogP contribution in [-0.2, 0) is 6.54 Å². The fourth-order valence-electron chi connectivity index (χ4n) is 2.26. The van der Waals surface area contributed by atoms with Crippen molar-refractivity contribution in [1.29, 1.82) is 0 Å². The fraction of sp³-hybridized carbons (Fsp3) is 0.267. The Morgan fingerprint density at radius 2 is 2.10 bits per heavy atom. The highest BCUT2D eigenvalue weighted by Crippen LogP contribution is 2.33. The molecule has 1 aromatic heterocycles. The molecule has 1 amide bonds. The summed E-state index contributed by atoms with van der Waals surface area (Å²) in [4.78, 5) is 13.3. The minimum atomic E-state index is -0.146. The van der Waals surface area contributed by atoms with E-state index in [1.165, 1.54) is 11.3 Å². The molecule has 0 saturated carbocycles. The molecule has 0 aliphatic carbocycles. The van der Waals surface area contributed by atoms with Gasteiger partial charge in [0.1, 0.15) is 0 Å². The lowest BCUT2D eigenvalue weighted by Crippen LogP contribution is -2.23. The second-order valence-corrected chi connectivity index (χ2v) is 6.15. The second kappa shape index (κ2) is 5.29. The van der Waals surface area contributed by atoms with Crippen LogP contribution in [0.4, 0.5) is 5.00 Å². The summed E-state index contributed by atoms with van der Waals surface area (Å²) in [5.74, 6) is 1.30. The monoisotopic (exact) mass is 304 g/mol. The first-order valence-electron chi connectivity index (χ1n) is 6.58. The quantitative estimate of drug-likeness (QED) is 0.914. The molecule has 0 saturated heterocycles. The van der Waals surface area contributed by atoms with Gasteiger partial charge in [0.05, 0.1) is 10.6 Å². The summed E-state index contributed by atoms with van der Waals surface area (Å²) in [6.07, 6.45) is 0. The van der Waals surface area contributed by atoms with Gasteiger partial charge in [-0.05, 0) is 37.1 Å². The van der Waals surface area contributed by atoms with Gasteiger partial charge in [0.25, 0.3) is 5.91 Å². The van der Waals surface area contributed by atoms with Crippen LogP contribution in [0.5, 0.6) is 11.5 Å². The molecule has 3 N–H and O–H groups in total. The molecule has 0 spiro atoms. The van der Waals surface area contributed by atoms with Crippen molar-refractivity contribution < 1.29 is 14.3 Å². The number of carbonyl (C=O) groups is 1. The molecule has 2 aromatic rings. The van der Waals surface area contributed by atoms with Gasteiger partial charge >= 0.3 is 0 Å². The summed E-state index contributed by atoms with van der Waals surface area (Å²) in [5, 5.41) is 3.46. The number of thiophene rings is 1. The molecule has 6 heteroatoms. The van der Waals surface area contributed by atoms with E-state index in [-0.39, 0.29) is 12.7 Å². The average Bonchev–Trinajstić information content (AvgIpc) is 3.01. The van der Waals surface area contributed by atoms with Crippen molar-refractivity contribution in [2.45, 2.75) is 20.4 Å². The molecule has 21 heavy (non-hydrogen) atoms. The number of amides is 1. The van der Waals surface area contributed by atoms with Crippen LogP contribution in [0.2, 0.25) is 0 Å². The molecule has 1 aliphatic heterocycles. The van der Waals surface area contributed by atoms with Crippen LogP contribution in [0.1, 0.15) is 26.4 Å². The predicted molar refractivity (Wildman–Crippen MR) is 81.9 cm³/mol. The Kier molecular flexibility index (Phi) is 3.47. The van der Waals surface area contributed by atoms with Crippen molar-refractivity contribution in [3.05, 3.63) is 39.8 Å². The molecule has 5 nitrogen and oxygen atoms in total. The number of nitrogens with one attached hydrogen (secondary N) is 1. The third kappa shape index (κ3) is 2.54. The van der Waals surface area contributed by atoms with Crippen LogP contribution >= 0.6 is 11.3 Å². The van der Waals surface area contributed by atoms with Crippen LogP contribution in [0.15, 0.2) is 18.2 Å². The zero-order valence-electron chi connectivity index (χ0n) is 11.9. The molecule has 0 atom stereocenters. The maximum atomic E-state index is 12.3. The summed E-state index contributed by atoms with van der Waals surface area (Å²) in [6.45, 7) is 4.54. The largest absolute Gasteiger partial charge is 0.454 e. The van der Waals surface area contributed by atoms with E-state index in [2.05, 4.69) is 5.32 Å². The standard InChI is InChI=1S/C15H16N2O3S/c1-8-9(2)21-14(16)13(8)15(18)17-6-10-3-4-11-12(5-10)20-7-19-11/h3-5H,6-7,16H2,1-2H3,(H,17,18). The molecule has 3 rings (SSSR count). The number of ether oxygens (including phenoxy) is 2. The Bertz CT molecular complexity index is 709. The van der Waals surface area contributed by atoms with E-state index in [1.54, 1.807) is 0 Å². The van der Waals surface area contributed by atoms with E-state index in [0.717, 1.165) is 21.8 Å². The first-order chi connectivity index (χ1) is 10.1. The smallest absolute Gasteiger partial charge is 0.254 e. The summed E-state index contributed by atoms with van der Waals surface area (Å²) < 4.78 is 10.6. The van der Waals surface area contributed by atoms with Crippen LogP contribution in [-0.4, -0.2) is 12.7 Å². The minimum Gasteiger partial charge on any atom is -0.454 e. The van der Waals surface area contributed by atoms with E-state index in [1.807, 2.05) is 32.0 Å². The SMILES string of the molecule is Cc1sc(N)c(C(=O)NCc2ccc3c(c2)OCO3)c1C. The Balaban J connectivity index is 1.71. The van der Waals surface area contributed by atoms with Gasteiger partial charge in [-0.25, -0.2) is 0 Å². The molecule has 2 heterocycles. The number of nitrogens with two attached hydrogens (primary N) is 1. The number of hydrogen-bond donors (Lipinski definition) is 2. The molecule has 0 fully saturated rings. The molecule has 1 aliphatic rings. The average molecular weight is 304 g/mol. The first-order valence-corrected chi connectivity index (χ1v) is 7.40. The lowest BCUT2D eigenvalue weighted by molar-refractivity contribution is 0.0951. The number of rotatable bonds is 3. The number of hydrogen-bond acceptors (Lipinski definition) is 5. The van der Waals surface area contributed by atoms with Crippen molar-refractivity contribution in [3.8, 4) is 11.5 Å². The second-order valence-electron chi connectivity index (χ2n) is 4.89. The zero-order valence-corrected chi connectivity index (χ0v) is 12.7. The molecular formula is C15H16N2O3S. The summed E-state index contributed by atoms with van der Waals surface area (Å²) in [5.41, 5.74) is 8.39.